The van der Waals surface area contributed by atoms with Gasteiger partial charge in [-0.25, -0.2) is 0 Å². The molecule has 1 aromatic carbocycles. The molecule has 1 aliphatic rings. The van der Waals surface area contributed by atoms with Crippen LogP contribution >= 0.6 is 23.2 Å². The van der Waals surface area contributed by atoms with Gasteiger partial charge in [0.05, 0.1) is 0 Å². The number of nitrogens with one attached hydrogen (secondary N) is 1. The van der Waals surface area contributed by atoms with E-state index < -0.39 is 0 Å². The van der Waals surface area contributed by atoms with E-state index in [2.05, 4.69) is 17.3 Å². The van der Waals surface area contributed by atoms with Crippen LogP contribution in [0.15, 0.2) is 18.2 Å². The van der Waals surface area contributed by atoms with Crippen LogP contribution in [0.3, 0.4) is 0 Å². The van der Waals surface area contributed by atoms with Crippen molar-refractivity contribution in [3.63, 3.8) is 0 Å². The second-order valence-electron chi connectivity index (χ2n) is 4.72. The monoisotopic (exact) mass is 272 g/mol. The van der Waals surface area contributed by atoms with E-state index in [1.165, 1.54) is 19.4 Å². The van der Waals surface area contributed by atoms with Gasteiger partial charge in [0, 0.05) is 29.2 Å². The van der Waals surface area contributed by atoms with Crippen molar-refractivity contribution in [2.75, 3.05) is 20.1 Å². The molecule has 1 fully saturated rings. The largest absolute Gasteiger partial charge is 0.309 e. The Hall–Kier alpha value is -0.280. The van der Waals surface area contributed by atoms with Gasteiger partial charge in [0.15, 0.2) is 0 Å². The van der Waals surface area contributed by atoms with E-state index in [-0.39, 0.29) is 0 Å². The maximum absolute atomic E-state index is 6.14. The molecule has 1 N–H and O–H groups in total. The van der Waals surface area contributed by atoms with E-state index >= 15 is 0 Å². The smallest absolute Gasteiger partial charge is 0.0465 e. The number of nitrogens with zero attached hydrogens (tertiary/aromatic N) is 1. The number of rotatable bonds is 3. The van der Waals surface area contributed by atoms with Crippen LogP contribution in [0, 0.1) is 0 Å². The molecule has 4 heteroatoms. The quantitative estimate of drug-likeness (QED) is 0.910. The van der Waals surface area contributed by atoms with Gasteiger partial charge >= 0.3 is 0 Å². The highest BCUT2D eigenvalue weighted by Crippen LogP contribution is 2.21. The van der Waals surface area contributed by atoms with Gasteiger partial charge in [0.1, 0.15) is 0 Å². The third-order valence-corrected chi connectivity index (χ3v) is 3.81. The van der Waals surface area contributed by atoms with Gasteiger partial charge in [-0.15, -0.1) is 0 Å². The minimum absolute atomic E-state index is 0.570. The molecular weight excluding hydrogens is 255 g/mol. The summed E-state index contributed by atoms with van der Waals surface area (Å²) in [5.74, 6) is 0. The maximum Gasteiger partial charge on any atom is 0.0465 e. The van der Waals surface area contributed by atoms with E-state index in [1.54, 1.807) is 6.07 Å². The van der Waals surface area contributed by atoms with Crippen LogP contribution in [-0.4, -0.2) is 31.1 Å². The standard InChI is InChI=1S/C13H18Cl2N2/c1-17-6-2-3-12(9-17)16-8-10-4-5-11(14)7-13(10)15/h4-5,7,12,16H,2-3,6,8-9H2,1H3. The zero-order valence-corrected chi connectivity index (χ0v) is 11.6. The third-order valence-electron chi connectivity index (χ3n) is 3.22. The van der Waals surface area contributed by atoms with Crippen LogP contribution in [0.1, 0.15) is 18.4 Å². The highest BCUT2D eigenvalue weighted by molar-refractivity contribution is 6.35. The second-order valence-corrected chi connectivity index (χ2v) is 5.56. The van der Waals surface area contributed by atoms with Gasteiger partial charge < -0.3 is 10.2 Å². The normalized spacial score (nSPS) is 21.7. The highest BCUT2D eigenvalue weighted by atomic mass is 35.5. The van der Waals surface area contributed by atoms with Crippen molar-refractivity contribution in [2.45, 2.75) is 25.4 Å². The van der Waals surface area contributed by atoms with Crippen LogP contribution in [0.2, 0.25) is 10.0 Å². The first-order chi connectivity index (χ1) is 8.15. The minimum atomic E-state index is 0.570. The molecule has 1 aromatic rings. The van der Waals surface area contributed by atoms with Crippen LogP contribution < -0.4 is 5.32 Å². The topological polar surface area (TPSA) is 15.3 Å². The molecule has 1 saturated heterocycles. The molecule has 0 spiro atoms. The van der Waals surface area contributed by atoms with Crippen molar-refractivity contribution in [3.05, 3.63) is 33.8 Å². The average Bonchev–Trinajstić information content (AvgIpc) is 2.28. The van der Waals surface area contributed by atoms with Crippen LogP contribution in [0.4, 0.5) is 0 Å². The van der Waals surface area contributed by atoms with Gasteiger partial charge in [0.25, 0.3) is 0 Å². The second kappa shape index (κ2) is 6.05. The molecular formula is C13H18Cl2N2. The lowest BCUT2D eigenvalue weighted by Gasteiger charge is -2.30. The van der Waals surface area contributed by atoms with Crippen molar-refractivity contribution in [1.82, 2.24) is 10.2 Å². The van der Waals surface area contributed by atoms with Gasteiger partial charge in [-0.2, -0.15) is 0 Å². The van der Waals surface area contributed by atoms with Crippen molar-refractivity contribution in [1.29, 1.82) is 0 Å². The summed E-state index contributed by atoms with van der Waals surface area (Å²) in [5.41, 5.74) is 1.12. The Morgan fingerprint density at radius 3 is 2.94 bits per heavy atom. The minimum Gasteiger partial charge on any atom is -0.309 e. The Balaban J connectivity index is 1.88. The molecule has 1 aliphatic heterocycles. The fourth-order valence-electron chi connectivity index (χ4n) is 2.25. The molecule has 1 atom stereocenters. The Morgan fingerprint density at radius 1 is 1.41 bits per heavy atom. The molecule has 0 saturated carbocycles. The first-order valence-electron chi connectivity index (χ1n) is 6.01. The Bertz CT molecular complexity index is 382. The summed E-state index contributed by atoms with van der Waals surface area (Å²) in [6, 6.07) is 6.25. The van der Waals surface area contributed by atoms with Crippen molar-refractivity contribution < 1.29 is 0 Å². The zero-order chi connectivity index (χ0) is 12.3. The predicted molar refractivity (Wildman–Crippen MR) is 73.8 cm³/mol. The summed E-state index contributed by atoms with van der Waals surface area (Å²) < 4.78 is 0. The first-order valence-corrected chi connectivity index (χ1v) is 6.76. The molecule has 0 bridgehead atoms. The molecule has 0 aliphatic carbocycles. The third kappa shape index (κ3) is 3.85. The summed E-state index contributed by atoms with van der Waals surface area (Å²) >= 11 is 12.0. The van der Waals surface area contributed by atoms with E-state index in [4.69, 9.17) is 23.2 Å². The summed E-state index contributed by atoms with van der Waals surface area (Å²) in [6.45, 7) is 3.14. The average molecular weight is 273 g/mol. The fraction of sp³-hybridized carbons (Fsp3) is 0.538. The lowest BCUT2D eigenvalue weighted by molar-refractivity contribution is 0.226. The van der Waals surface area contributed by atoms with Crippen LogP contribution in [0.25, 0.3) is 0 Å². The number of likely N-dealkylation sites (N-methyl/N-ethyl adjacent to an activating group) is 1. The number of hydrogen-bond acceptors (Lipinski definition) is 2. The van der Waals surface area contributed by atoms with Gasteiger partial charge in [-0.05, 0) is 44.1 Å². The Kier molecular flexibility index (Phi) is 4.69. The van der Waals surface area contributed by atoms with Crippen molar-refractivity contribution >= 4 is 23.2 Å². The van der Waals surface area contributed by atoms with Crippen molar-refractivity contribution in [3.8, 4) is 0 Å². The lowest BCUT2D eigenvalue weighted by atomic mass is 10.1. The van der Waals surface area contributed by atoms with E-state index in [0.29, 0.717) is 11.1 Å². The molecule has 2 rings (SSSR count). The zero-order valence-electron chi connectivity index (χ0n) is 10.0. The summed E-state index contributed by atoms with van der Waals surface area (Å²) in [4.78, 5) is 2.37. The molecule has 0 radical (unpaired) electrons. The Labute approximate surface area is 113 Å². The molecule has 0 amide bonds. The first kappa shape index (κ1) is 13.2. The maximum atomic E-state index is 6.14. The van der Waals surface area contributed by atoms with Crippen LogP contribution in [-0.2, 0) is 6.54 Å². The van der Waals surface area contributed by atoms with Gasteiger partial charge in [0.2, 0.25) is 0 Å². The summed E-state index contributed by atoms with van der Waals surface area (Å²) in [6.07, 6.45) is 2.51. The van der Waals surface area contributed by atoms with E-state index in [0.717, 1.165) is 23.7 Å². The number of piperidine rings is 1. The number of benzene rings is 1. The molecule has 17 heavy (non-hydrogen) atoms. The number of likely N-dealkylation sites (tertiary alicyclic amines) is 1. The molecule has 94 valence electrons. The van der Waals surface area contributed by atoms with Gasteiger partial charge in [-0.1, -0.05) is 29.3 Å². The summed E-state index contributed by atoms with van der Waals surface area (Å²) in [7, 11) is 2.17. The Morgan fingerprint density at radius 2 is 2.24 bits per heavy atom. The van der Waals surface area contributed by atoms with E-state index in [9.17, 15) is 0 Å². The lowest BCUT2D eigenvalue weighted by Crippen LogP contribution is -2.43. The SMILES string of the molecule is CN1CCCC(NCc2ccc(Cl)cc2Cl)C1. The molecule has 1 heterocycles. The molecule has 2 nitrogen and oxygen atoms in total. The number of hydrogen-bond donors (Lipinski definition) is 1. The highest BCUT2D eigenvalue weighted by Gasteiger charge is 2.16. The van der Waals surface area contributed by atoms with Crippen LogP contribution in [0.5, 0.6) is 0 Å². The van der Waals surface area contributed by atoms with E-state index in [1.807, 2.05) is 12.1 Å². The van der Waals surface area contributed by atoms with Crippen molar-refractivity contribution in [2.24, 2.45) is 0 Å². The molecule has 1 unspecified atom stereocenters. The molecule has 0 aromatic heterocycles. The fourth-order valence-corrected chi connectivity index (χ4v) is 2.73. The number of halogens is 2. The summed E-state index contributed by atoms with van der Waals surface area (Å²) in [5, 5.41) is 4.99. The van der Waals surface area contributed by atoms with Gasteiger partial charge in [-0.3, -0.25) is 0 Å². The predicted octanol–water partition coefficient (Wildman–Crippen LogP) is 3.18.